The van der Waals surface area contributed by atoms with E-state index in [1.165, 1.54) is 12.8 Å². The first-order chi connectivity index (χ1) is 7.70. The molecule has 16 heavy (non-hydrogen) atoms. The van der Waals surface area contributed by atoms with Crippen LogP contribution in [0.5, 0.6) is 0 Å². The van der Waals surface area contributed by atoms with Gasteiger partial charge in [0.25, 0.3) is 0 Å². The minimum Gasteiger partial charge on any atom is -0.480 e. The first kappa shape index (κ1) is 11.8. The van der Waals surface area contributed by atoms with Crippen molar-refractivity contribution in [3.63, 3.8) is 0 Å². The molecule has 5 nitrogen and oxygen atoms in total. The topological polar surface area (TPSA) is 59.0 Å². The average molecular weight is 229 g/mol. The van der Waals surface area contributed by atoms with Crippen molar-refractivity contribution in [3.05, 3.63) is 0 Å². The second kappa shape index (κ2) is 5.12. The zero-order valence-electron chi connectivity index (χ0n) is 9.48. The standard InChI is InChI=1S/C11H19NO4/c13-10(14)7-16-6-3-12-8-11(9-12)1-4-15-5-2-11/h1-9H2,(H,13,14). The lowest BCUT2D eigenvalue weighted by Crippen LogP contribution is -2.58. The van der Waals surface area contributed by atoms with Crippen molar-refractivity contribution >= 4 is 5.97 Å². The Labute approximate surface area is 95.3 Å². The normalized spacial score (nSPS) is 24.2. The number of hydrogen-bond acceptors (Lipinski definition) is 4. The van der Waals surface area contributed by atoms with Gasteiger partial charge < -0.3 is 14.6 Å². The summed E-state index contributed by atoms with van der Waals surface area (Å²) in [5.41, 5.74) is 0.491. The summed E-state index contributed by atoms with van der Waals surface area (Å²) in [5, 5.41) is 8.40. The molecule has 92 valence electrons. The Morgan fingerprint density at radius 2 is 2.06 bits per heavy atom. The maximum Gasteiger partial charge on any atom is 0.329 e. The Hall–Kier alpha value is -0.650. The number of rotatable bonds is 5. The van der Waals surface area contributed by atoms with Crippen LogP contribution in [-0.2, 0) is 14.3 Å². The smallest absolute Gasteiger partial charge is 0.329 e. The summed E-state index contributed by atoms with van der Waals surface area (Å²) >= 11 is 0. The van der Waals surface area contributed by atoms with Gasteiger partial charge in [-0.05, 0) is 12.8 Å². The van der Waals surface area contributed by atoms with Crippen molar-refractivity contribution in [2.24, 2.45) is 5.41 Å². The number of ether oxygens (including phenoxy) is 2. The molecule has 0 aromatic heterocycles. The van der Waals surface area contributed by atoms with Crippen LogP contribution in [0, 0.1) is 5.41 Å². The van der Waals surface area contributed by atoms with Gasteiger partial charge in [-0.2, -0.15) is 0 Å². The van der Waals surface area contributed by atoms with Crippen molar-refractivity contribution in [1.82, 2.24) is 4.90 Å². The first-order valence-corrected chi connectivity index (χ1v) is 5.80. The number of carbonyl (C=O) groups is 1. The summed E-state index contributed by atoms with van der Waals surface area (Å²) < 4.78 is 10.4. The molecule has 0 radical (unpaired) electrons. The third-order valence-electron chi connectivity index (χ3n) is 3.45. The molecule has 5 heteroatoms. The highest BCUT2D eigenvalue weighted by Crippen LogP contribution is 2.39. The van der Waals surface area contributed by atoms with Gasteiger partial charge >= 0.3 is 5.97 Å². The van der Waals surface area contributed by atoms with Crippen molar-refractivity contribution in [2.45, 2.75) is 12.8 Å². The van der Waals surface area contributed by atoms with Gasteiger partial charge in [0.1, 0.15) is 6.61 Å². The van der Waals surface area contributed by atoms with E-state index in [0.29, 0.717) is 12.0 Å². The number of nitrogens with zero attached hydrogens (tertiary/aromatic N) is 1. The van der Waals surface area contributed by atoms with Crippen molar-refractivity contribution < 1.29 is 19.4 Å². The third kappa shape index (κ3) is 2.93. The lowest BCUT2D eigenvalue weighted by atomic mass is 9.73. The van der Waals surface area contributed by atoms with E-state index in [-0.39, 0.29) is 6.61 Å². The molecule has 0 bridgehead atoms. The molecule has 0 aromatic carbocycles. The number of likely N-dealkylation sites (tertiary alicyclic amines) is 1. The number of aliphatic carboxylic acids is 1. The largest absolute Gasteiger partial charge is 0.480 e. The summed E-state index contributed by atoms with van der Waals surface area (Å²) in [6.45, 7) is 5.19. The third-order valence-corrected chi connectivity index (χ3v) is 3.45. The van der Waals surface area contributed by atoms with Gasteiger partial charge in [0.2, 0.25) is 0 Å². The van der Waals surface area contributed by atoms with E-state index >= 15 is 0 Å². The zero-order valence-corrected chi connectivity index (χ0v) is 9.48. The van der Waals surface area contributed by atoms with Gasteiger partial charge in [0.05, 0.1) is 6.61 Å². The fourth-order valence-electron chi connectivity index (χ4n) is 2.53. The molecule has 0 saturated carbocycles. The summed E-state index contributed by atoms with van der Waals surface area (Å²) in [6, 6.07) is 0. The van der Waals surface area contributed by atoms with Gasteiger partial charge in [-0.1, -0.05) is 0 Å². The van der Waals surface area contributed by atoms with Gasteiger partial charge in [-0.15, -0.1) is 0 Å². The minimum absolute atomic E-state index is 0.188. The molecular formula is C11H19NO4. The molecule has 0 atom stereocenters. The number of carboxylic acid groups (broad SMARTS) is 1. The molecule has 0 aliphatic carbocycles. The Kier molecular flexibility index (Phi) is 3.78. The fourth-order valence-corrected chi connectivity index (χ4v) is 2.53. The predicted octanol–water partition coefficient (Wildman–Crippen LogP) is 0.200. The molecule has 0 aromatic rings. The molecule has 2 heterocycles. The summed E-state index contributed by atoms with van der Waals surface area (Å²) in [7, 11) is 0. The molecule has 2 rings (SSSR count). The highest BCUT2D eigenvalue weighted by molar-refractivity contribution is 5.67. The second-order valence-corrected chi connectivity index (χ2v) is 4.77. The molecule has 0 amide bonds. The Morgan fingerprint density at radius 3 is 2.69 bits per heavy atom. The highest BCUT2D eigenvalue weighted by atomic mass is 16.5. The average Bonchev–Trinajstić information content (AvgIpc) is 2.23. The maximum absolute atomic E-state index is 10.2. The van der Waals surface area contributed by atoms with Crippen LogP contribution in [0.4, 0.5) is 0 Å². The predicted molar refractivity (Wildman–Crippen MR) is 57.4 cm³/mol. The van der Waals surface area contributed by atoms with E-state index < -0.39 is 5.97 Å². The van der Waals surface area contributed by atoms with E-state index in [0.717, 1.165) is 32.8 Å². The van der Waals surface area contributed by atoms with Crippen LogP contribution in [0.2, 0.25) is 0 Å². The summed E-state index contributed by atoms with van der Waals surface area (Å²) in [5.74, 6) is -0.899. The Morgan fingerprint density at radius 1 is 1.38 bits per heavy atom. The summed E-state index contributed by atoms with van der Waals surface area (Å²) in [4.78, 5) is 12.5. The van der Waals surface area contributed by atoms with Crippen LogP contribution >= 0.6 is 0 Å². The lowest BCUT2D eigenvalue weighted by molar-refractivity contribution is -0.143. The maximum atomic E-state index is 10.2. The molecule has 2 aliphatic rings. The Bertz CT molecular complexity index is 242. The van der Waals surface area contributed by atoms with E-state index in [9.17, 15) is 4.79 Å². The molecule has 2 fully saturated rings. The van der Waals surface area contributed by atoms with Gasteiger partial charge in [-0.25, -0.2) is 4.79 Å². The quantitative estimate of drug-likeness (QED) is 0.682. The number of carboxylic acids is 1. The Balaban J connectivity index is 1.56. The van der Waals surface area contributed by atoms with Crippen molar-refractivity contribution in [1.29, 1.82) is 0 Å². The first-order valence-electron chi connectivity index (χ1n) is 5.80. The van der Waals surface area contributed by atoms with Crippen LogP contribution in [0.3, 0.4) is 0 Å². The molecular weight excluding hydrogens is 210 g/mol. The van der Waals surface area contributed by atoms with E-state index in [1.807, 2.05) is 0 Å². The summed E-state index contributed by atoms with van der Waals surface area (Å²) in [6.07, 6.45) is 2.33. The van der Waals surface area contributed by atoms with Crippen LogP contribution in [0.1, 0.15) is 12.8 Å². The molecule has 2 saturated heterocycles. The van der Waals surface area contributed by atoms with E-state index in [1.54, 1.807) is 0 Å². The van der Waals surface area contributed by atoms with Crippen LogP contribution in [-0.4, -0.2) is 62.0 Å². The molecule has 1 N–H and O–H groups in total. The van der Waals surface area contributed by atoms with Crippen molar-refractivity contribution in [2.75, 3.05) is 46.1 Å². The van der Waals surface area contributed by atoms with Crippen LogP contribution in [0.15, 0.2) is 0 Å². The fraction of sp³-hybridized carbons (Fsp3) is 0.909. The number of hydrogen-bond donors (Lipinski definition) is 1. The van der Waals surface area contributed by atoms with Gasteiger partial charge in [0, 0.05) is 38.3 Å². The van der Waals surface area contributed by atoms with Gasteiger partial charge in [0.15, 0.2) is 0 Å². The van der Waals surface area contributed by atoms with Crippen LogP contribution < -0.4 is 0 Å². The SMILES string of the molecule is O=C(O)COCCN1CC2(CCOCC2)C1. The molecule has 2 aliphatic heterocycles. The van der Waals surface area contributed by atoms with E-state index in [4.69, 9.17) is 14.6 Å². The second-order valence-electron chi connectivity index (χ2n) is 4.77. The molecule has 0 unspecified atom stereocenters. The lowest BCUT2D eigenvalue weighted by Gasteiger charge is -2.52. The monoisotopic (exact) mass is 229 g/mol. The molecule has 1 spiro atoms. The highest BCUT2D eigenvalue weighted by Gasteiger charge is 2.43. The van der Waals surface area contributed by atoms with Gasteiger partial charge in [-0.3, -0.25) is 4.90 Å². The van der Waals surface area contributed by atoms with Crippen LogP contribution in [0.25, 0.3) is 0 Å². The van der Waals surface area contributed by atoms with Crippen molar-refractivity contribution in [3.8, 4) is 0 Å². The van der Waals surface area contributed by atoms with E-state index in [2.05, 4.69) is 4.90 Å². The zero-order chi connectivity index (χ0) is 11.4. The minimum atomic E-state index is -0.899.